The predicted octanol–water partition coefficient (Wildman–Crippen LogP) is 14.4. The molecule has 0 saturated carbocycles. The number of nitrogens with one attached hydrogen (secondary N) is 4. The fourth-order valence-corrected chi connectivity index (χ4v) is 12.2. The van der Waals surface area contributed by atoms with Crippen LogP contribution in [0.2, 0.25) is 0 Å². The average Bonchev–Trinajstić information content (AvgIpc) is 0.848. The average molecular weight is 1470 g/mol. The fourth-order valence-electron chi connectivity index (χ4n) is 12.2. The molecule has 20 nitrogen and oxygen atoms in total. The molecule has 0 bridgehead atoms. The third-order valence-corrected chi connectivity index (χ3v) is 18.1. The molecule has 6 N–H and O–H groups in total. The zero-order valence-electron chi connectivity index (χ0n) is 62.3. The van der Waals surface area contributed by atoms with Gasteiger partial charge >= 0.3 is 11.9 Å². The second-order valence-corrected chi connectivity index (χ2v) is 26.9. The number of unbranched alkanes of at least 4 members (excludes halogenated alkanes) is 3. The molecule has 574 valence electrons. The minimum Gasteiger partial charge on any atom is -0.489 e. The molecule has 0 fully saturated rings. The lowest BCUT2D eigenvalue weighted by Gasteiger charge is -2.31. The van der Waals surface area contributed by atoms with Gasteiger partial charge < -0.3 is 59.9 Å². The van der Waals surface area contributed by atoms with Gasteiger partial charge in [0.25, 0.3) is 0 Å². The van der Waals surface area contributed by atoms with Gasteiger partial charge in [-0.2, -0.15) is 0 Å². The number of nitrogens with zero attached hydrogens (tertiary/aromatic N) is 2. The monoisotopic (exact) mass is 1470 g/mol. The standard InChI is InChI=1S/C88H108N6O14/c95-83(33-19-35-85(97)98)89-53-15-13-31-81(93(61-69-37-45-77(46-38-69)105-65-73-23-5-1-6-24-73)62-70-39-47-78(48-40-70)106-66-74-25-7-2-8-26-74)87(101)91-55-21-59-103-57-17-18-58-104-60-22-56-92-88(102)82(32-14-16-54-90-84(96)34-20-36-86(99)100)94(63-71-41-49-79(50-42-71)107-67-75-27-9-3-10-28-75)64-72-43-51-80(52-44-72)108-68-76-29-11-4-12-30-76/h1-12,23-30,37-52,81-82H,13-22,31-36,53-68H2,(H,89,95)(H,90,96)(H,91,101)(H,92,102)(H,97,98)(H,99,100)/t81-,82+. The largest absolute Gasteiger partial charge is 0.489 e. The van der Waals surface area contributed by atoms with Gasteiger partial charge in [0.15, 0.2) is 0 Å². The Morgan fingerprint density at radius 2 is 0.556 bits per heavy atom. The number of hydrogen-bond donors (Lipinski definition) is 6. The minimum atomic E-state index is -0.934. The molecule has 8 aromatic rings. The molecule has 0 spiro atoms. The van der Waals surface area contributed by atoms with Crippen molar-refractivity contribution < 1.29 is 67.4 Å². The third kappa shape index (κ3) is 34.0. The molecule has 4 amide bonds. The van der Waals surface area contributed by atoms with Crippen LogP contribution < -0.4 is 40.2 Å². The van der Waals surface area contributed by atoms with Crippen LogP contribution in [0.15, 0.2) is 218 Å². The van der Waals surface area contributed by atoms with Crippen molar-refractivity contribution >= 4 is 35.6 Å². The van der Waals surface area contributed by atoms with Crippen molar-refractivity contribution in [1.82, 2.24) is 31.1 Å². The summed E-state index contributed by atoms with van der Waals surface area (Å²) >= 11 is 0. The van der Waals surface area contributed by atoms with Crippen LogP contribution in [-0.4, -0.2) is 120 Å². The van der Waals surface area contributed by atoms with Crippen molar-refractivity contribution in [2.24, 2.45) is 0 Å². The highest BCUT2D eigenvalue weighted by molar-refractivity contribution is 5.82. The van der Waals surface area contributed by atoms with E-state index in [1.165, 1.54) is 0 Å². The molecule has 8 aromatic carbocycles. The highest BCUT2D eigenvalue weighted by Crippen LogP contribution is 2.26. The lowest BCUT2D eigenvalue weighted by molar-refractivity contribution is -0.138. The molecule has 0 aliphatic heterocycles. The van der Waals surface area contributed by atoms with E-state index in [0.29, 0.717) is 157 Å². The zero-order valence-corrected chi connectivity index (χ0v) is 62.3. The number of hydrogen-bond acceptors (Lipinski definition) is 14. The van der Waals surface area contributed by atoms with Gasteiger partial charge in [-0.3, -0.25) is 38.6 Å². The van der Waals surface area contributed by atoms with E-state index in [2.05, 4.69) is 31.1 Å². The first-order chi connectivity index (χ1) is 52.9. The quantitative estimate of drug-likeness (QED) is 0.0194. The maximum atomic E-state index is 14.6. The van der Waals surface area contributed by atoms with Crippen molar-refractivity contribution in [1.29, 1.82) is 0 Å². The lowest BCUT2D eigenvalue weighted by Crippen LogP contribution is -2.46. The maximum Gasteiger partial charge on any atom is 0.303 e. The maximum absolute atomic E-state index is 14.6. The smallest absolute Gasteiger partial charge is 0.303 e. The Morgan fingerprint density at radius 1 is 0.287 bits per heavy atom. The summed E-state index contributed by atoms with van der Waals surface area (Å²) in [6.45, 7) is 7.22. The van der Waals surface area contributed by atoms with Gasteiger partial charge in [0.1, 0.15) is 49.4 Å². The number of carboxylic acid groups (broad SMARTS) is 2. The molecular formula is C88H108N6O14. The Bertz CT molecular complexity index is 3410. The van der Waals surface area contributed by atoms with Gasteiger partial charge in [0, 0.05) is 104 Å². The molecule has 2 atom stereocenters. The zero-order chi connectivity index (χ0) is 75.9. The third-order valence-electron chi connectivity index (χ3n) is 18.1. The van der Waals surface area contributed by atoms with Crippen LogP contribution in [0, 0.1) is 0 Å². The number of carbonyl (C=O) groups is 6. The van der Waals surface area contributed by atoms with Crippen LogP contribution in [0.25, 0.3) is 0 Å². The van der Waals surface area contributed by atoms with Gasteiger partial charge in [-0.05, 0) is 170 Å². The van der Waals surface area contributed by atoms with E-state index in [1.807, 2.05) is 218 Å². The van der Waals surface area contributed by atoms with Crippen molar-refractivity contribution in [3.63, 3.8) is 0 Å². The van der Waals surface area contributed by atoms with Crippen molar-refractivity contribution in [3.8, 4) is 23.0 Å². The Morgan fingerprint density at radius 3 is 0.833 bits per heavy atom. The van der Waals surface area contributed by atoms with Crippen molar-refractivity contribution in [2.45, 2.75) is 167 Å². The van der Waals surface area contributed by atoms with Crippen molar-refractivity contribution in [3.05, 3.63) is 263 Å². The molecule has 0 heterocycles. The first-order valence-corrected chi connectivity index (χ1v) is 38.1. The summed E-state index contributed by atoms with van der Waals surface area (Å²) in [7, 11) is 0. The summed E-state index contributed by atoms with van der Waals surface area (Å²) in [5.74, 6) is 0.490. The first kappa shape index (κ1) is 83.3. The topological polar surface area (TPSA) is 253 Å². The van der Waals surface area contributed by atoms with E-state index in [4.69, 9.17) is 38.6 Å². The summed E-state index contributed by atoms with van der Waals surface area (Å²) in [5, 5.41) is 30.4. The molecule has 108 heavy (non-hydrogen) atoms. The number of aliphatic carboxylic acids is 2. The molecule has 0 aromatic heterocycles. The number of amides is 4. The predicted molar refractivity (Wildman–Crippen MR) is 418 cm³/mol. The fraction of sp³-hybridized carbons (Fsp3) is 0.386. The molecule has 0 aliphatic carbocycles. The van der Waals surface area contributed by atoms with Crippen LogP contribution in [0.4, 0.5) is 0 Å². The normalized spacial score (nSPS) is 11.7. The highest BCUT2D eigenvalue weighted by Gasteiger charge is 2.28. The molecule has 0 aliphatic rings. The SMILES string of the molecule is O=C(O)CCCC(=O)NCCCC[C@H](C(=O)NCCCOCCCCOCCCNC(=O)[C@H](CCCCNC(=O)CCCC(=O)O)N(Cc1ccc(OCc2ccccc2)cc1)Cc1ccc(OCc2ccccc2)cc1)N(Cc1ccc(OCc2ccccc2)cc1)Cc1ccc(OCc2ccccc2)cc1. The number of rotatable bonds is 55. The van der Waals surface area contributed by atoms with Gasteiger partial charge in [0.05, 0.1) is 12.1 Å². The Kier molecular flexibility index (Phi) is 38.1. The van der Waals surface area contributed by atoms with Gasteiger partial charge in [-0.25, -0.2) is 0 Å². The second kappa shape index (κ2) is 49.5. The second-order valence-electron chi connectivity index (χ2n) is 26.9. The molecule has 20 heteroatoms. The van der Waals surface area contributed by atoms with E-state index < -0.39 is 24.0 Å². The van der Waals surface area contributed by atoms with Crippen molar-refractivity contribution in [2.75, 3.05) is 52.6 Å². The van der Waals surface area contributed by atoms with E-state index in [9.17, 15) is 28.8 Å². The van der Waals surface area contributed by atoms with Crippen LogP contribution in [0.5, 0.6) is 23.0 Å². The first-order valence-electron chi connectivity index (χ1n) is 38.1. The Labute approximate surface area is 636 Å². The lowest BCUT2D eigenvalue weighted by atomic mass is 10.0. The molecule has 8 rings (SSSR count). The summed E-state index contributed by atoms with van der Waals surface area (Å²) in [6, 6.07) is 70.9. The summed E-state index contributed by atoms with van der Waals surface area (Å²) in [4.78, 5) is 80.7. The van der Waals surface area contributed by atoms with Crippen LogP contribution >= 0.6 is 0 Å². The Hall–Kier alpha value is -10.4. The van der Waals surface area contributed by atoms with E-state index in [-0.39, 0.29) is 62.2 Å². The number of carbonyl (C=O) groups excluding carboxylic acids is 4. The van der Waals surface area contributed by atoms with Crippen LogP contribution in [0.1, 0.15) is 147 Å². The number of ether oxygens (including phenoxy) is 6. The summed E-state index contributed by atoms with van der Waals surface area (Å²) in [5.41, 5.74) is 8.29. The minimum absolute atomic E-state index is 0.0679. The number of carboxylic acids is 2. The molecule has 0 unspecified atom stereocenters. The van der Waals surface area contributed by atoms with Gasteiger partial charge in [-0.1, -0.05) is 170 Å². The summed E-state index contributed by atoms with van der Waals surface area (Å²) < 4.78 is 36.6. The van der Waals surface area contributed by atoms with E-state index in [1.54, 1.807) is 0 Å². The molecule has 0 radical (unpaired) electrons. The Balaban J connectivity index is 0.816. The molecular weight excluding hydrogens is 1360 g/mol. The van der Waals surface area contributed by atoms with Crippen LogP contribution in [0.3, 0.4) is 0 Å². The molecule has 0 saturated heterocycles. The number of benzene rings is 8. The van der Waals surface area contributed by atoms with Gasteiger partial charge in [-0.15, -0.1) is 0 Å². The van der Waals surface area contributed by atoms with E-state index in [0.717, 1.165) is 80.3 Å². The summed E-state index contributed by atoms with van der Waals surface area (Å²) in [6.07, 6.45) is 7.03. The highest BCUT2D eigenvalue weighted by atomic mass is 16.5. The van der Waals surface area contributed by atoms with Crippen LogP contribution in [-0.2, 0) is 90.8 Å². The van der Waals surface area contributed by atoms with E-state index >= 15 is 0 Å². The van der Waals surface area contributed by atoms with Gasteiger partial charge in [0.2, 0.25) is 23.6 Å².